The number of hydrogen-bond acceptors (Lipinski definition) is 4. The number of carbonyl (C=O) groups is 1. The second-order valence-corrected chi connectivity index (χ2v) is 6.00. The third kappa shape index (κ3) is 2.44. The molecule has 120 valence electrons. The van der Waals surface area contributed by atoms with Crippen LogP contribution < -0.4 is 9.47 Å². The van der Waals surface area contributed by atoms with Crippen molar-refractivity contribution in [2.24, 2.45) is 5.92 Å². The van der Waals surface area contributed by atoms with E-state index in [1.807, 2.05) is 23.1 Å². The highest BCUT2D eigenvalue weighted by Gasteiger charge is 2.32. The summed E-state index contributed by atoms with van der Waals surface area (Å²) < 4.78 is 11.2. The first-order valence-corrected chi connectivity index (χ1v) is 7.85. The van der Waals surface area contributed by atoms with E-state index in [-0.39, 0.29) is 11.8 Å². The molecular formula is C17H19N3O3. The van der Waals surface area contributed by atoms with Crippen molar-refractivity contribution in [1.82, 2.24) is 14.9 Å². The molecule has 6 nitrogen and oxygen atoms in total. The van der Waals surface area contributed by atoms with Crippen LogP contribution in [0.25, 0.3) is 0 Å². The maximum absolute atomic E-state index is 12.8. The predicted octanol–water partition coefficient (Wildman–Crippen LogP) is 1.55. The number of ether oxygens (including phenoxy) is 2. The fourth-order valence-corrected chi connectivity index (χ4v) is 3.37. The number of rotatable bonds is 2. The summed E-state index contributed by atoms with van der Waals surface area (Å²) in [5.74, 6) is 1.51. The van der Waals surface area contributed by atoms with Crippen molar-refractivity contribution in [3.63, 3.8) is 0 Å². The molecule has 0 bridgehead atoms. The summed E-state index contributed by atoms with van der Waals surface area (Å²) in [6, 6.07) is 5.82. The van der Waals surface area contributed by atoms with Gasteiger partial charge in [-0.1, -0.05) is 12.1 Å². The zero-order valence-corrected chi connectivity index (χ0v) is 13.0. The lowest BCUT2D eigenvalue weighted by molar-refractivity contribution is -0.138. The molecule has 1 atom stereocenters. The van der Waals surface area contributed by atoms with E-state index in [0.717, 1.165) is 41.4 Å². The Morgan fingerprint density at radius 1 is 1.48 bits per heavy atom. The molecule has 2 aliphatic heterocycles. The van der Waals surface area contributed by atoms with Gasteiger partial charge in [-0.25, -0.2) is 4.98 Å². The number of H-pyrrole nitrogens is 1. The van der Waals surface area contributed by atoms with Gasteiger partial charge in [-0.05, 0) is 18.1 Å². The van der Waals surface area contributed by atoms with Crippen LogP contribution in [0.3, 0.4) is 0 Å². The van der Waals surface area contributed by atoms with Crippen LogP contribution in [-0.4, -0.2) is 41.0 Å². The molecule has 23 heavy (non-hydrogen) atoms. The smallest absolute Gasteiger partial charge is 0.229 e. The topological polar surface area (TPSA) is 67.5 Å². The summed E-state index contributed by atoms with van der Waals surface area (Å²) in [5.41, 5.74) is 3.15. The molecule has 0 fully saturated rings. The van der Waals surface area contributed by atoms with Gasteiger partial charge in [-0.2, -0.15) is 0 Å². The van der Waals surface area contributed by atoms with E-state index >= 15 is 0 Å². The van der Waals surface area contributed by atoms with E-state index < -0.39 is 0 Å². The van der Waals surface area contributed by atoms with E-state index in [9.17, 15) is 4.79 Å². The summed E-state index contributed by atoms with van der Waals surface area (Å²) in [6.07, 6.45) is 3.20. The van der Waals surface area contributed by atoms with Crippen LogP contribution in [0, 0.1) is 5.92 Å². The fraction of sp³-hybridized carbons (Fsp3) is 0.412. The van der Waals surface area contributed by atoms with Gasteiger partial charge >= 0.3 is 0 Å². The number of fused-ring (bicyclic) bond motifs is 2. The molecule has 0 radical (unpaired) electrons. The minimum Gasteiger partial charge on any atom is -0.493 e. The summed E-state index contributed by atoms with van der Waals surface area (Å²) in [6.45, 7) is 1.73. The lowest BCUT2D eigenvalue weighted by Gasteiger charge is -2.32. The Bertz CT molecular complexity index is 740. The Hall–Kier alpha value is -2.50. The third-order valence-electron chi connectivity index (χ3n) is 4.61. The van der Waals surface area contributed by atoms with Crippen molar-refractivity contribution in [1.29, 1.82) is 0 Å². The maximum Gasteiger partial charge on any atom is 0.229 e. The first-order valence-electron chi connectivity index (χ1n) is 7.85. The molecule has 0 spiro atoms. The lowest BCUT2D eigenvalue weighted by Crippen LogP contribution is -2.43. The van der Waals surface area contributed by atoms with Crippen LogP contribution in [0.15, 0.2) is 24.5 Å². The first kappa shape index (κ1) is 14.1. The highest BCUT2D eigenvalue weighted by atomic mass is 16.5. The van der Waals surface area contributed by atoms with E-state index in [2.05, 4.69) is 9.97 Å². The van der Waals surface area contributed by atoms with Gasteiger partial charge in [0.25, 0.3) is 0 Å². The molecule has 2 aromatic rings. The number of benzene rings is 1. The van der Waals surface area contributed by atoms with Crippen LogP contribution in [0.4, 0.5) is 0 Å². The van der Waals surface area contributed by atoms with E-state index in [4.69, 9.17) is 9.47 Å². The third-order valence-corrected chi connectivity index (χ3v) is 4.61. The highest BCUT2D eigenvalue weighted by Crippen LogP contribution is 2.36. The molecule has 0 saturated heterocycles. The number of hydrogen-bond donors (Lipinski definition) is 1. The molecule has 1 aromatic carbocycles. The van der Waals surface area contributed by atoms with Gasteiger partial charge in [0.05, 0.1) is 37.3 Å². The van der Waals surface area contributed by atoms with Crippen LogP contribution >= 0.6 is 0 Å². The molecule has 2 aliphatic rings. The van der Waals surface area contributed by atoms with Crippen LogP contribution in [0.5, 0.6) is 11.5 Å². The molecule has 0 aliphatic carbocycles. The molecule has 1 N–H and O–H groups in total. The highest BCUT2D eigenvalue weighted by molar-refractivity contribution is 5.80. The molecule has 6 heteroatoms. The number of imidazole rings is 1. The van der Waals surface area contributed by atoms with E-state index in [1.54, 1.807) is 13.4 Å². The monoisotopic (exact) mass is 313 g/mol. The Morgan fingerprint density at radius 3 is 3.26 bits per heavy atom. The van der Waals surface area contributed by atoms with Crippen molar-refractivity contribution < 1.29 is 14.3 Å². The Balaban J connectivity index is 1.50. The second kappa shape index (κ2) is 5.61. The molecule has 0 saturated carbocycles. The molecule has 1 aromatic heterocycles. The number of aromatic amines is 1. The zero-order chi connectivity index (χ0) is 15.8. The number of carbonyl (C=O) groups excluding carboxylic acids is 1. The molecule has 4 rings (SSSR count). The second-order valence-electron chi connectivity index (χ2n) is 6.00. The van der Waals surface area contributed by atoms with Crippen LogP contribution in [0.1, 0.15) is 17.0 Å². The number of amides is 1. The molecular weight excluding hydrogens is 294 g/mol. The minimum atomic E-state index is -0.140. The zero-order valence-electron chi connectivity index (χ0n) is 13.0. The van der Waals surface area contributed by atoms with Gasteiger partial charge in [0.2, 0.25) is 5.91 Å². The maximum atomic E-state index is 12.8. The SMILES string of the molecule is COc1cccc2c1OC[C@H](C(=O)N1CCc3nc[nH]c3C1)C2. The minimum absolute atomic E-state index is 0.140. The van der Waals surface area contributed by atoms with Crippen LogP contribution in [-0.2, 0) is 24.2 Å². The quantitative estimate of drug-likeness (QED) is 0.913. The van der Waals surface area contributed by atoms with Gasteiger partial charge < -0.3 is 19.4 Å². The summed E-state index contributed by atoms with van der Waals surface area (Å²) in [4.78, 5) is 22.1. The fourth-order valence-electron chi connectivity index (χ4n) is 3.37. The summed E-state index contributed by atoms with van der Waals surface area (Å²) in [5, 5.41) is 0. The average molecular weight is 313 g/mol. The molecule has 3 heterocycles. The lowest BCUT2D eigenvalue weighted by atomic mass is 9.94. The van der Waals surface area contributed by atoms with Gasteiger partial charge in [-0.3, -0.25) is 4.79 Å². The number of para-hydroxylation sites is 1. The molecule has 1 amide bonds. The van der Waals surface area contributed by atoms with E-state index in [1.165, 1.54) is 0 Å². The standard InChI is InChI=1S/C17H19N3O3/c1-22-15-4-2-3-11-7-12(9-23-16(11)15)17(21)20-6-5-13-14(8-20)19-10-18-13/h2-4,10,12H,5-9H2,1H3,(H,18,19)/t12-/m1/s1. The largest absolute Gasteiger partial charge is 0.493 e. The van der Waals surface area contributed by atoms with Gasteiger partial charge in [0.15, 0.2) is 11.5 Å². The first-order chi connectivity index (χ1) is 11.3. The van der Waals surface area contributed by atoms with Crippen molar-refractivity contribution in [2.45, 2.75) is 19.4 Å². The Labute approximate surface area is 134 Å². The van der Waals surface area contributed by atoms with Crippen molar-refractivity contribution in [3.8, 4) is 11.5 Å². The van der Waals surface area contributed by atoms with Crippen molar-refractivity contribution >= 4 is 5.91 Å². The Morgan fingerprint density at radius 2 is 2.39 bits per heavy atom. The van der Waals surface area contributed by atoms with E-state index in [0.29, 0.717) is 19.6 Å². The normalized spacial score (nSPS) is 19.5. The number of nitrogens with zero attached hydrogens (tertiary/aromatic N) is 2. The van der Waals surface area contributed by atoms with Gasteiger partial charge in [-0.15, -0.1) is 0 Å². The Kier molecular flexibility index (Phi) is 3.44. The van der Waals surface area contributed by atoms with Crippen molar-refractivity contribution in [2.75, 3.05) is 20.3 Å². The van der Waals surface area contributed by atoms with Crippen LogP contribution in [0.2, 0.25) is 0 Å². The van der Waals surface area contributed by atoms with Gasteiger partial charge in [0, 0.05) is 13.0 Å². The van der Waals surface area contributed by atoms with Gasteiger partial charge in [0.1, 0.15) is 6.61 Å². The number of nitrogens with one attached hydrogen (secondary N) is 1. The summed E-state index contributed by atoms with van der Waals surface area (Å²) in [7, 11) is 1.63. The number of methoxy groups -OCH3 is 1. The number of aromatic nitrogens is 2. The summed E-state index contributed by atoms with van der Waals surface area (Å²) >= 11 is 0. The average Bonchev–Trinajstić information content (AvgIpc) is 3.07. The van der Waals surface area contributed by atoms with Crippen molar-refractivity contribution in [3.05, 3.63) is 41.5 Å². The predicted molar refractivity (Wildman–Crippen MR) is 83.4 cm³/mol. The molecule has 0 unspecified atom stereocenters.